The molecule has 0 N–H and O–H groups in total. The average Bonchev–Trinajstić information content (AvgIpc) is 2.99. The van der Waals surface area contributed by atoms with Gasteiger partial charge in [0.2, 0.25) is 0 Å². The van der Waals surface area contributed by atoms with Crippen LogP contribution in [-0.4, -0.2) is 54.8 Å². The molecule has 3 rings (SSSR count). The molecule has 1 amide bonds. The van der Waals surface area contributed by atoms with Crippen molar-refractivity contribution in [1.29, 1.82) is 0 Å². The van der Waals surface area contributed by atoms with Gasteiger partial charge in [0.15, 0.2) is 15.0 Å². The van der Waals surface area contributed by atoms with Gasteiger partial charge < -0.3 is 9.64 Å². The zero-order valence-electron chi connectivity index (χ0n) is 13.0. The summed E-state index contributed by atoms with van der Waals surface area (Å²) in [5.41, 5.74) is 0.789. The first-order valence-corrected chi connectivity index (χ1v) is 10.7. The summed E-state index contributed by atoms with van der Waals surface area (Å²) in [7, 11) is -3.07. The Morgan fingerprint density at radius 1 is 1.38 bits per heavy atom. The Hall–Kier alpha value is -1.25. The van der Waals surface area contributed by atoms with Gasteiger partial charge in [0.25, 0.3) is 5.91 Å². The first-order valence-electron chi connectivity index (χ1n) is 7.50. The molecule has 2 atom stereocenters. The normalized spacial score (nSPS) is 26.6. The fraction of sp³-hybridized carbons (Fsp3) is 0.467. The summed E-state index contributed by atoms with van der Waals surface area (Å²) in [4.78, 5) is 17.5. The highest BCUT2D eigenvalue weighted by Gasteiger charge is 2.49. The van der Waals surface area contributed by atoms with Crippen molar-refractivity contribution in [3.63, 3.8) is 0 Å². The molecule has 2 aliphatic heterocycles. The Morgan fingerprint density at radius 2 is 2.08 bits per heavy atom. The molecular weight excluding hydrogens is 372 g/mol. The van der Waals surface area contributed by atoms with Gasteiger partial charge in [-0.25, -0.2) is 8.42 Å². The van der Waals surface area contributed by atoms with Crippen LogP contribution in [0.2, 0.25) is 0 Å². The van der Waals surface area contributed by atoms with Crippen molar-refractivity contribution in [3.05, 3.63) is 24.3 Å². The van der Waals surface area contributed by atoms with E-state index in [1.807, 2.05) is 36.1 Å². The number of thioether (sulfide) groups is 1. The maximum atomic E-state index is 12.0. The largest absolute Gasteiger partial charge is 0.494 e. The average molecular weight is 389 g/mol. The Kier molecular flexibility index (Phi) is 5.08. The van der Waals surface area contributed by atoms with E-state index in [1.165, 1.54) is 11.8 Å². The standard InChI is InChI=1S/C15H17ClN2O4S2/c1-2-22-11-5-3-10(4-6-11)18-12-8-24(20,21)9-13(12)23-15(18)17-14(19)7-16/h3-6,12-13H,2,7-9H2,1H3/t12-,13+/m1/s1. The van der Waals surface area contributed by atoms with E-state index in [-0.39, 0.29) is 28.7 Å². The first kappa shape index (κ1) is 17.6. The third kappa shape index (κ3) is 3.55. The monoisotopic (exact) mass is 388 g/mol. The molecule has 2 saturated heterocycles. The molecule has 24 heavy (non-hydrogen) atoms. The van der Waals surface area contributed by atoms with Crippen LogP contribution in [0.3, 0.4) is 0 Å². The first-order chi connectivity index (χ1) is 11.4. The van der Waals surface area contributed by atoms with Crippen molar-refractivity contribution in [1.82, 2.24) is 0 Å². The number of benzene rings is 1. The number of nitrogens with zero attached hydrogens (tertiary/aromatic N) is 2. The van der Waals surface area contributed by atoms with E-state index in [0.717, 1.165) is 11.4 Å². The van der Waals surface area contributed by atoms with Gasteiger partial charge in [0.05, 0.1) is 24.2 Å². The van der Waals surface area contributed by atoms with E-state index in [0.29, 0.717) is 11.8 Å². The van der Waals surface area contributed by atoms with E-state index in [2.05, 4.69) is 4.99 Å². The van der Waals surface area contributed by atoms with Crippen LogP contribution in [0.15, 0.2) is 29.3 Å². The number of carbonyl (C=O) groups excluding carboxylic acids is 1. The van der Waals surface area contributed by atoms with E-state index in [9.17, 15) is 13.2 Å². The number of sulfone groups is 1. The van der Waals surface area contributed by atoms with Crippen LogP contribution in [0.5, 0.6) is 5.75 Å². The summed E-state index contributed by atoms with van der Waals surface area (Å²) in [6.07, 6.45) is 0. The molecule has 0 spiro atoms. The Morgan fingerprint density at radius 3 is 2.71 bits per heavy atom. The molecule has 0 bridgehead atoms. The minimum Gasteiger partial charge on any atom is -0.494 e. The lowest BCUT2D eigenvalue weighted by molar-refractivity contribution is -0.115. The molecule has 0 unspecified atom stereocenters. The minimum atomic E-state index is -3.07. The third-order valence-corrected chi connectivity index (χ3v) is 7.27. The van der Waals surface area contributed by atoms with Crippen molar-refractivity contribution in [3.8, 4) is 5.75 Å². The van der Waals surface area contributed by atoms with Gasteiger partial charge in [-0.05, 0) is 31.2 Å². The lowest BCUT2D eigenvalue weighted by atomic mass is 10.2. The summed E-state index contributed by atoms with van der Waals surface area (Å²) < 4.78 is 29.3. The number of ether oxygens (including phenoxy) is 1. The van der Waals surface area contributed by atoms with Crippen molar-refractivity contribution >= 4 is 50.0 Å². The highest BCUT2D eigenvalue weighted by molar-refractivity contribution is 8.16. The van der Waals surface area contributed by atoms with Gasteiger partial charge in [-0.1, -0.05) is 11.8 Å². The molecule has 2 aliphatic rings. The molecule has 6 nitrogen and oxygen atoms in total. The smallest absolute Gasteiger partial charge is 0.262 e. The SMILES string of the molecule is CCOc1ccc(N2C(=NC(=O)CCl)S[C@H]3CS(=O)(=O)C[C@H]32)cc1. The fourth-order valence-corrected chi connectivity index (χ4v) is 6.86. The second-order valence-corrected chi connectivity index (χ2v) is 9.15. The zero-order chi connectivity index (χ0) is 17.3. The van der Waals surface area contributed by atoms with E-state index < -0.39 is 15.7 Å². The molecule has 130 valence electrons. The summed E-state index contributed by atoms with van der Waals surface area (Å²) >= 11 is 6.88. The number of amides is 1. The predicted molar refractivity (Wildman–Crippen MR) is 97.1 cm³/mol. The zero-order valence-corrected chi connectivity index (χ0v) is 15.4. The molecule has 2 fully saturated rings. The number of aliphatic imine (C=N–C) groups is 1. The molecule has 2 heterocycles. The predicted octanol–water partition coefficient (Wildman–Crippen LogP) is 1.93. The van der Waals surface area contributed by atoms with Crippen molar-refractivity contribution < 1.29 is 17.9 Å². The minimum absolute atomic E-state index is 0.0615. The Balaban J connectivity index is 1.95. The van der Waals surface area contributed by atoms with Crippen LogP contribution in [0.4, 0.5) is 5.69 Å². The molecular formula is C15H17ClN2O4S2. The topological polar surface area (TPSA) is 76.0 Å². The van der Waals surface area contributed by atoms with E-state index >= 15 is 0 Å². The van der Waals surface area contributed by atoms with Crippen LogP contribution in [0, 0.1) is 0 Å². The van der Waals surface area contributed by atoms with Crippen LogP contribution >= 0.6 is 23.4 Å². The number of anilines is 1. The molecule has 1 aromatic carbocycles. The van der Waals surface area contributed by atoms with Gasteiger partial charge >= 0.3 is 0 Å². The van der Waals surface area contributed by atoms with Crippen LogP contribution in [-0.2, 0) is 14.6 Å². The van der Waals surface area contributed by atoms with Crippen molar-refractivity contribution in [2.24, 2.45) is 4.99 Å². The van der Waals surface area contributed by atoms with Gasteiger partial charge in [0, 0.05) is 10.9 Å². The number of alkyl halides is 1. The number of carbonyl (C=O) groups is 1. The second kappa shape index (κ2) is 6.93. The number of hydrogen-bond donors (Lipinski definition) is 0. The summed E-state index contributed by atoms with van der Waals surface area (Å²) in [6.45, 7) is 2.47. The van der Waals surface area contributed by atoms with Gasteiger partial charge in [0.1, 0.15) is 11.6 Å². The highest BCUT2D eigenvalue weighted by Crippen LogP contribution is 2.41. The third-order valence-electron chi connectivity index (χ3n) is 3.83. The second-order valence-electron chi connectivity index (χ2n) is 5.52. The molecule has 0 saturated carbocycles. The van der Waals surface area contributed by atoms with Crippen molar-refractivity contribution in [2.45, 2.75) is 18.2 Å². The van der Waals surface area contributed by atoms with E-state index in [1.54, 1.807) is 0 Å². The van der Waals surface area contributed by atoms with Crippen molar-refractivity contribution in [2.75, 3.05) is 28.9 Å². The summed E-state index contributed by atoms with van der Waals surface area (Å²) in [6, 6.07) is 7.11. The number of rotatable bonds is 4. The Bertz CT molecular complexity index is 764. The molecule has 0 aromatic heterocycles. The van der Waals surface area contributed by atoms with Gasteiger partial charge in [-0.15, -0.1) is 11.6 Å². The molecule has 0 aliphatic carbocycles. The quantitative estimate of drug-likeness (QED) is 0.733. The maximum Gasteiger partial charge on any atom is 0.262 e. The molecule has 1 aromatic rings. The molecule has 0 radical (unpaired) electrons. The number of fused-ring (bicyclic) bond motifs is 1. The molecule has 9 heteroatoms. The Labute approximate surface area is 150 Å². The fourth-order valence-electron chi connectivity index (χ4n) is 2.87. The summed E-state index contributed by atoms with van der Waals surface area (Å²) in [5, 5.41) is 0.387. The number of amidine groups is 1. The van der Waals surface area contributed by atoms with Gasteiger partial charge in [-0.2, -0.15) is 4.99 Å². The summed E-state index contributed by atoms with van der Waals surface area (Å²) in [5.74, 6) is 0.266. The lowest BCUT2D eigenvalue weighted by Crippen LogP contribution is -2.37. The van der Waals surface area contributed by atoms with Crippen LogP contribution in [0.25, 0.3) is 0 Å². The van der Waals surface area contributed by atoms with Gasteiger partial charge in [-0.3, -0.25) is 4.79 Å². The number of halogens is 1. The van der Waals surface area contributed by atoms with Crippen LogP contribution < -0.4 is 9.64 Å². The highest BCUT2D eigenvalue weighted by atomic mass is 35.5. The lowest BCUT2D eigenvalue weighted by Gasteiger charge is -2.24. The van der Waals surface area contributed by atoms with Crippen LogP contribution in [0.1, 0.15) is 6.92 Å². The number of hydrogen-bond acceptors (Lipinski definition) is 5. The maximum absolute atomic E-state index is 12.0. The van der Waals surface area contributed by atoms with E-state index in [4.69, 9.17) is 16.3 Å².